The van der Waals surface area contributed by atoms with Crippen molar-refractivity contribution in [1.82, 2.24) is 9.88 Å². The number of rotatable bonds is 4. The van der Waals surface area contributed by atoms with Crippen molar-refractivity contribution in [1.29, 1.82) is 0 Å². The van der Waals surface area contributed by atoms with Gasteiger partial charge in [0.2, 0.25) is 0 Å². The quantitative estimate of drug-likeness (QED) is 0.557. The number of nitrogens with one attached hydrogen (secondary N) is 1. The number of hydrogen-bond donors (Lipinski definition) is 2. The average molecular weight is 465 g/mol. The van der Waals surface area contributed by atoms with Crippen LogP contribution in [0.25, 0.3) is 11.3 Å². The number of carbonyl (C=O) groups excluding carboxylic acids is 1. The Hall–Kier alpha value is -3.39. The molecule has 2 aromatic carbocycles. The molecule has 1 aliphatic rings. The molecule has 0 spiro atoms. The molecule has 0 atom stereocenters. The molecule has 0 bridgehead atoms. The lowest BCUT2D eigenvalue weighted by Crippen LogP contribution is -2.48. The Kier molecular flexibility index (Phi) is 6.37. The van der Waals surface area contributed by atoms with Gasteiger partial charge in [0.15, 0.2) is 5.13 Å². The van der Waals surface area contributed by atoms with Crippen molar-refractivity contribution >= 4 is 34.2 Å². The molecular weight excluding hydrogens is 436 g/mol. The van der Waals surface area contributed by atoms with Crippen LogP contribution in [-0.4, -0.2) is 53.2 Å². The zero-order chi connectivity index (χ0) is 23.6. The Morgan fingerprint density at radius 3 is 2.36 bits per heavy atom. The van der Waals surface area contributed by atoms with Crippen molar-refractivity contribution in [2.45, 2.75) is 26.2 Å². The molecule has 8 heteroatoms. The van der Waals surface area contributed by atoms with Crippen LogP contribution in [0, 0.1) is 0 Å². The molecule has 0 aliphatic carbocycles. The Balaban J connectivity index is 1.43. The smallest absolute Gasteiger partial charge is 0.407 e. The highest BCUT2D eigenvalue weighted by Gasteiger charge is 2.21. The van der Waals surface area contributed by atoms with Gasteiger partial charge in [0.25, 0.3) is 5.91 Å². The summed E-state index contributed by atoms with van der Waals surface area (Å²) < 4.78 is 0. The van der Waals surface area contributed by atoms with E-state index in [0.29, 0.717) is 36.9 Å². The van der Waals surface area contributed by atoms with Crippen molar-refractivity contribution in [2.75, 3.05) is 36.4 Å². The Labute approximate surface area is 197 Å². The maximum atomic E-state index is 12.7. The lowest BCUT2D eigenvalue weighted by molar-refractivity contribution is 0.102. The molecule has 2 amide bonds. The number of aromatic nitrogens is 1. The minimum Gasteiger partial charge on any atom is -0.465 e. The summed E-state index contributed by atoms with van der Waals surface area (Å²) in [5.74, 6) is -0.179. The van der Waals surface area contributed by atoms with Gasteiger partial charge in [-0.05, 0) is 35.2 Å². The number of hydrogen-bond acceptors (Lipinski definition) is 5. The van der Waals surface area contributed by atoms with Crippen LogP contribution in [0.5, 0.6) is 0 Å². The first kappa shape index (κ1) is 22.8. The highest BCUT2D eigenvalue weighted by molar-refractivity contribution is 7.14. The Morgan fingerprint density at radius 1 is 1.03 bits per heavy atom. The van der Waals surface area contributed by atoms with Gasteiger partial charge >= 0.3 is 6.09 Å². The van der Waals surface area contributed by atoms with E-state index in [1.807, 2.05) is 47.8 Å². The summed E-state index contributed by atoms with van der Waals surface area (Å²) in [5, 5.41) is 14.5. The molecule has 0 saturated carbocycles. The van der Waals surface area contributed by atoms with Crippen LogP contribution in [0.3, 0.4) is 0 Å². The minimum atomic E-state index is -0.870. The van der Waals surface area contributed by atoms with Gasteiger partial charge in [-0.2, -0.15) is 0 Å². The average Bonchev–Trinajstić information content (AvgIpc) is 3.27. The fourth-order valence-electron chi connectivity index (χ4n) is 3.77. The predicted molar refractivity (Wildman–Crippen MR) is 132 cm³/mol. The van der Waals surface area contributed by atoms with Crippen molar-refractivity contribution in [2.24, 2.45) is 0 Å². The van der Waals surface area contributed by atoms with Crippen LogP contribution in [0.1, 0.15) is 36.7 Å². The number of anilines is 2. The summed E-state index contributed by atoms with van der Waals surface area (Å²) in [5.41, 5.74) is 4.61. The summed E-state index contributed by atoms with van der Waals surface area (Å²) in [7, 11) is 0. The molecular formula is C25H28N4O3S. The third-order valence-corrected chi connectivity index (χ3v) is 6.55. The lowest BCUT2D eigenvalue weighted by Gasteiger charge is -2.34. The highest BCUT2D eigenvalue weighted by Crippen LogP contribution is 2.29. The zero-order valence-electron chi connectivity index (χ0n) is 19.0. The molecule has 0 unspecified atom stereocenters. The molecule has 3 aromatic rings. The fraction of sp³-hybridized carbons (Fsp3) is 0.320. The van der Waals surface area contributed by atoms with Gasteiger partial charge in [-0.3, -0.25) is 10.1 Å². The monoisotopic (exact) mass is 464 g/mol. The fourth-order valence-corrected chi connectivity index (χ4v) is 4.49. The predicted octanol–water partition coefficient (Wildman–Crippen LogP) is 5.16. The van der Waals surface area contributed by atoms with E-state index >= 15 is 0 Å². The molecule has 172 valence electrons. The van der Waals surface area contributed by atoms with Crippen molar-refractivity contribution in [3.63, 3.8) is 0 Å². The topological polar surface area (TPSA) is 85.8 Å². The molecule has 2 heterocycles. The number of carbonyl (C=O) groups is 2. The van der Waals surface area contributed by atoms with Crippen molar-refractivity contribution in [3.8, 4) is 11.3 Å². The number of amides is 2. The van der Waals surface area contributed by atoms with E-state index in [-0.39, 0.29) is 11.3 Å². The van der Waals surface area contributed by atoms with E-state index in [9.17, 15) is 9.59 Å². The second-order valence-electron chi connectivity index (χ2n) is 9.13. The van der Waals surface area contributed by atoms with Gasteiger partial charge in [0.05, 0.1) is 5.69 Å². The van der Waals surface area contributed by atoms with Gasteiger partial charge in [-0.25, -0.2) is 9.78 Å². The SMILES string of the molecule is CC(C)(C)c1ccc(C(=O)Nc2nc(-c3cccc(N4CCN(C(=O)O)CC4)c3)cs2)cc1. The van der Waals surface area contributed by atoms with Gasteiger partial charge in [-0.1, -0.05) is 45.0 Å². The number of benzene rings is 2. The first-order valence-corrected chi connectivity index (χ1v) is 11.8. The standard InChI is InChI=1S/C25H28N4O3S/c1-25(2,3)19-9-7-17(8-10-19)22(30)27-23-26-21(16-33-23)18-5-4-6-20(15-18)28-11-13-29(14-12-28)24(31)32/h4-10,15-16H,11-14H2,1-3H3,(H,31,32)(H,26,27,30). The summed E-state index contributed by atoms with van der Waals surface area (Å²) >= 11 is 1.39. The van der Waals surface area contributed by atoms with Crippen LogP contribution >= 0.6 is 11.3 Å². The molecule has 2 N–H and O–H groups in total. The normalized spacial score (nSPS) is 14.3. The second kappa shape index (κ2) is 9.23. The molecule has 7 nitrogen and oxygen atoms in total. The van der Waals surface area contributed by atoms with E-state index in [2.05, 4.69) is 42.0 Å². The molecule has 33 heavy (non-hydrogen) atoms. The van der Waals surface area contributed by atoms with E-state index in [0.717, 1.165) is 16.9 Å². The van der Waals surface area contributed by atoms with Crippen LogP contribution in [0.15, 0.2) is 53.9 Å². The van der Waals surface area contributed by atoms with E-state index in [1.54, 1.807) is 0 Å². The number of thiazole rings is 1. The van der Waals surface area contributed by atoms with Crippen LogP contribution in [0.2, 0.25) is 0 Å². The maximum absolute atomic E-state index is 12.7. The molecule has 1 fully saturated rings. The minimum absolute atomic E-state index is 0.0393. The molecule has 1 saturated heterocycles. The largest absolute Gasteiger partial charge is 0.465 e. The Morgan fingerprint density at radius 2 is 1.73 bits per heavy atom. The van der Waals surface area contributed by atoms with Crippen LogP contribution in [0.4, 0.5) is 15.6 Å². The number of carboxylic acid groups (broad SMARTS) is 1. The van der Waals surface area contributed by atoms with E-state index in [1.165, 1.54) is 21.8 Å². The van der Waals surface area contributed by atoms with Gasteiger partial charge in [-0.15, -0.1) is 11.3 Å². The maximum Gasteiger partial charge on any atom is 0.407 e. The van der Waals surface area contributed by atoms with Crippen LogP contribution in [-0.2, 0) is 5.41 Å². The first-order chi connectivity index (χ1) is 15.7. The summed E-state index contributed by atoms with van der Waals surface area (Å²) in [6.07, 6.45) is -0.870. The molecule has 1 aliphatic heterocycles. The van der Waals surface area contributed by atoms with Crippen LogP contribution < -0.4 is 10.2 Å². The summed E-state index contributed by atoms with van der Waals surface area (Å²) in [6, 6.07) is 15.7. The second-order valence-corrected chi connectivity index (χ2v) is 9.98. The van der Waals surface area contributed by atoms with E-state index < -0.39 is 6.09 Å². The zero-order valence-corrected chi connectivity index (χ0v) is 19.9. The third-order valence-electron chi connectivity index (χ3n) is 5.80. The van der Waals surface area contributed by atoms with Gasteiger partial charge in [0.1, 0.15) is 0 Å². The molecule has 4 rings (SSSR count). The Bertz CT molecular complexity index is 1140. The first-order valence-electron chi connectivity index (χ1n) is 10.9. The number of nitrogens with zero attached hydrogens (tertiary/aromatic N) is 3. The molecule has 1 aromatic heterocycles. The summed E-state index contributed by atoms with van der Waals surface area (Å²) in [6.45, 7) is 8.72. The lowest BCUT2D eigenvalue weighted by atomic mass is 9.87. The van der Waals surface area contributed by atoms with Crippen molar-refractivity contribution in [3.05, 3.63) is 65.0 Å². The third kappa shape index (κ3) is 5.34. The highest BCUT2D eigenvalue weighted by atomic mass is 32.1. The summed E-state index contributed by atoms with van der Waals surface area (Å²) in [4.78, 5) is 32.0. The number of piperazine rings is 1. The van der Waals surface area contributed by atoms with Crippen molar-refractivity contribution < 1.29 is 14.7 Å². The van der Waals surface area contributed by atoms with Gasteiger partial charge < -0.3 is 14.9 Å². The molecule has 0 radical (unpaired) electrons. The van der Waals surface area contributed by atoms with E-state index in [4.69, 9.17) is 5.11 Å². The van der Waals surface area contributed by atoms with Gasteiger partial charge in [0, 0.05) is 48.4 Å².